The van der Waals surface area contributed by atoms with Gasteiger partial charge in [-0.05, 0) is 31.5 Å². The highest BCUT2D eigenvalue weighted by molar-refractivity contribution is 7.88. The third kappa shape index (κ3) is 5.03. The number of carbonyl (C=O) groups excluding carboxylic acids is 1. The quantitative estimate of drug-likeness (QED) is 0.734. The first kappa shape index (κ1) is 20.3. The van der Waals surface area contributed by atoms with Crippen molar-refractivity contribution in [3.8, 4) is 0 Å². The fourth-order valence-corrected chi connectivity index (χ4v) is 4.22. The molecule has 1 fully saturated rings. The molecule has 1 aromatic rings. The molecule has 1 unspecified atom stereocenters. The fraction of sp³-hybridized carbons (Fsp3) is 0.529. The van der Waals surface area contributed by atoms with Gasteiger partial charge in [-0.25, -0.2) is 13.2 Å². The number of nitrogens with one attached hydrogen (secondary N) is 1. The van der Waals surface area contributed by atoms with Gasteiger partial charge in [0.05, 0.1) is 17.9 Å². The maximum absolute atomic E-state index is 12.4. The Bertz CT molecular complexity index is 763. The largest absolute Gasteiger partial charge is 0.478 e. The van der Waals surface area contributed by atoms with E-state index in [1.54, 1.807) is 19.1 Å². The standard InChI is InChI=1S/C17H25N3O5S/c1-12-11-19(8-9-20(12)26(3,24)25)13(2)16(21)18-10-14-4-6-15(7-5-14)17(22)23/h4-7,12-13H,8-11H2,1-3H3,(H,18,21)(H,22,23)/t12-,13?/m1/s1. The highest BCUT2D eigenvalue weighted by Gasteiger charge is 2.33. The molecule has 144 valence electrons. The number of piperazine rings is 1. The summed E-state index contributed by atoms with van der Waals surface area (Å²) in [7, 11) is -3.24. The molecule has 1 heterocycles. The summed E-state index contributed by atoms with van der Waals surface area (Å²) in [6.45, 7) is 5.30. The van der Waals surface area contributed by atoms with Gasteiger partial charge in [-0.3, -0.25) is 9.69 Å². The number of benzene rings is 1. The zero-order chi connectivity index (χ0) is 19.5. The molecule has 26 heavy (non-hydrogen) atoms. The van der Waals surface area contributed by atoms with Crippen molar-refractivity contribution in [1.29, 1.82) is 0 Å². The number of carboxylic acid groups (broad SMARTS) is 1. The van der Waals surface area contributed by atoms with Crippen LogP contribution in [0.1, 0.15) is 29.8 Å². The molecule has 0 bridgehead atoms. The van der Waals surface area contributed by atoms with Crippen molar-refractivity contribution in [2.75, 3.05) is 25.9 Å². The minimum absolute atomic E-state index is 0.146. The zero-order valence-electron chi connectivity index (χ0n) is 15.2. The lowest BCUT2D eigenvalue weighted by Gasteiger charge is -2.40. The fourth-order valence-electron chi connectivity index (χ4n) is 3.08. The lowest BCUT2D eigenvalue weighted by Crippen LogP contribution is -2.58. The number of nitrogens with zero attached hydrogens (tertiary/aromatic N) is 2. The van der Waals surface area contributed by atoms with Crippen LogP contribution in [0.3, 0.4) is 0 Å². The predicted octanol–water partition coefficient (Wildman–Crippen LogP) is 0.355. The normalized spacial score (nSPS) is 20.5. The van der Waals surface area contributed by atoms with E-state index in [0.29, 0.717) is 26.2 Å². The Labute approximate surface area is 153 Å². The average molecular weight is 383 g/mol. The van der Waals surface area contributed by atoms with Crippen LogP contribution in [0.25, 0.3) is 0 Å². The minimum atomic E-state index is -3.24. The SMILES string of the molecule is CC(C(=O)NCc1ccc(C(=O)O)cc1)N1CCN(S(C)(=O)=O)[C@H](C)C1. The van der Waals surface area contributed by atoms with Gasteiger partial charge in [0.15, 0.2) is 0 Å². The van der Waals surface area contributed by atoms with Crippen LogP contribution in [-0.4, -0.2) is 72.6 Å². The van der Waals surface area contributed by atoms with Crippen molar-refractivity contribution in [1.82, 2.24) is 14.5 Å². The van der Waals surface area contributed by atoms with Gasteiger partial charge in [0, 0.05) is 32.2 Å². The third-order valence-electron chi connectivity index (χ3n) is 4.62. The van der Waals surface area contributed by atoms with E-state index in [1.165, 1.54) is 22.7 Å². The van der Waals surface area contributed by atoms with Crippen molar-refractivity contribution in [2.24, 2.45) is 0 Å². The summed E-state index contributed by atoms with van der Waals surface area (Å²) in [5, 5.41) is 11.7. The molecule has 1 aliphatic rings. The van der Waals surface area contributed by atoms with E-state index >= 15 is 0 Å². The highest BCUT2D eigenvalue weighted by atomic mass is 32.2. The summed E-state index contributed by atoms with van der Waals surface area (Å²) in [6.07, 6.45) is 1.20. The number of hydrogen-bond donors (Lipinski definition) is 2. The monoisotopic (exact) mass is 383 g/mol. The second-order valence-electron chi connectivity index (χ2n) is 6.61. The van der Waals surface area contributed by atoms with E-state index in [4.69, 9.17) is 5.11 Å². The van der Waals surface area contributed by atoms with Gasteiger partial charge in [-0.2, -0.15) is 4.31 Å². The van der Waals surface area contributed by atoms with Crippen LogP contribution in [0.15, 0.2) is 24.3 Å². The number of carbonyl (C=O) groups is 2. The van der Waals surface area contributed by atoms with Crippen molar-refractivity contribution < 1.29 is 23.1 Å². The van der Waals surface area contributed by atoms with Crippen LogP contribution in [0.5, 0.6) is 0 Å². The lowest BCUT2D eigenvalue weighted by molar-refractivity contribution is -0.126. The van der Waals surface area contributed by atoms with E-state index in [2.05, 4.69) is 5.32 Å². The number of amides is 1. The molecule has 0 aliphatic carbocycles. The van der Waals surface area contributed by atoms with Crippen molar-refractivity contribution in [2.45, 2.75) is 32.5 Å². The Morgan fingerprint density at radius 3 is 2.38 bits per heavy atom. The number of sulfonamides is 1. The molecular weight excluding hydrogens is 358 g/mol. The first-order chi connectivity index (χ1) is 12.1. The summed E-state index contributed by atoms with van der Waals surface area (Å²) in [5.41, 5.74) is 1.01. The minimum Gasteiger partial charge on any atom is -0.478 e. The van der Waals surface area contributed by atoms with E-state index < -0.39 is 16.0 Å². The second kappa shape index (κ2) is 8.15. The molecule has 1 amide bonds. The Hall–Kier alpha value is -1.97. The molecule has 0 aromatic heterocycles. The molecule has 8 nitrogen and oxygen atoms in total. The van der Waals surface area contributed by atoms with E-state index in [1.807, 2.05) is 11.8 Å². The van der Waals surface area contributed by atoms with Crippen molar-refractivity contribution >= 4 is 21.9 Å². The van der Waals surface area contributed by atoms with Gasteiger partial charge in [-0.15, -0.1) is 0 Å². The van der Waals surface area contributed by atoms with E-state index in [-0.39, 0.29) is 23.6 Å². The lowest BCUT2D eigenvalue weighted by atomic mass is 10.1. The maximum Gasteiger partial charge on any atom is 0.335 e. The molecule has 2 N–H and O–H groups in total. The summed E-state index contributed by atoms with van der Waals surface area (Å²) >= 11 is 0. The maximum atomic E-state index is 12.4. The van der Waals surface area contributed by atoms with Gasteiger partial charge in [0.2, 0.25) is 15.9 Å². The van der Waals surface area contributed by atoms with Crippen LogP contribution in [0.4, 0.5) is 0 Å². The summed E-state index contributed by atoms with van der Waals surface area (Å²) < 4.78 is 24.9. The molecule has 1 saturated heterocycles. The molecule has 2 atom stereocenters. The first-order valence-corrected chi connectivity index (χ1v) is 10.2. The molecule has 0 spiro atoms. The van der Waals surface area contributed by atoms with Gasteiger partial charge in [0.25, 0.3) is 0 Å². The van der Waals surface area contributed by atoms with Gasteiger partial charge in [-0.1, -0.05) is 12.1 Å². The van der Waals surface area contributed by atoms with Gasteiger partial charge >= 0.3 is 5.97 Å². The number of hydrogen-bond acceptors (Lipinski definition) is 5. The number of carboxylic acids is 1. The predicted molar refractivity (Wildman–Crippen MR) is 97.3 cm³/mol. The smallest absolute Gasteiger partial charge is 0.335 e. The Kier molecular flexibility index (Phi) is 6.38. The zero-order valence-corrected chi connectivity index (χ0v) is 16.0. The van der Waals surface area contributed by atoms with Crippen LogP contribution < -0.4 is 5.32 Å². The molecule has 1 aromatic carbocycles. The van der Waals surface area contributed by atoms with Crippen LogP contribution in [0.2, 0.25) is 0 Å². The Morgan fingerprint density at radius 1 is 1.27 bits per heavy atom. The second-order valence-corrected chi connectivity index (χ2v) is 8.55. The number of rotatable bonds is 6. The average Bonchev–Trinajstić information content (AvgIpc) is 2.58. The first-order valence-electron chi connectivity index (χ1n) is 8.40. The van der Waals surface area contributed by atoms with Crippen LogP contribution in [0, 0.1) is 0 Å². The highest BCUT2D eigenvalue weighted by Crippen LogP contribution is 2.15. The van der Waals surface area contributed by atoms with Crippen LogP contribution >= 0.6 is 0 Å². The molecular formula is C17H25N3O5S. The van der Waals surface area contributed by atoms with E-state index in [0.717, 1.165) is 5.56 Å². The molecule has 0 radical (unpaired) electrons. The summed E-state index contributed by atoms with van der Waals surface area (Å²) in [6, 6.07) is 5.77. The molecule has 0 saturated carbocycles. The van der Waals surface area contributed by atoms with Crippen molar-refractivity contribution in [3.05, 3.63) is 35.4 Å². The summed E-state index contributed by atoms with van der Waals surface area (Å²) in [4.78, 5) is 25.2. The van der Waals surface area contributed by atoms with Crippen LogP contribution in [-0.2, 0) is 21.4 Å². The Morgan fingerprint density at radius 2 is 1.88 bits per heavy atom. The third-order valence-corrected chi connectivity index (χ3v) is 6.01. The van der Waals surface area contributed by atoms with Crippen molar-refractivity contribution in [3.63, 3.8) is 0 Å². The summed E-state index contributed by atoms with van der Waals surface area (Å²) in [5.74, 6) is -1.14. The molecule has 1 aliphatic heterocycles. The van der Waals surface area contributed by atoms with Gasteiger partial charge < -0.3 is 10.4 Å². The Balaban J connectivity index is 1.88. The number of aromatic carboxylic acids is 1. The van der Waals surface area contributed by atoms with E-state index in [9.17, 15) is 18.0 Å². The molecule has 2 rings (SSSR count). The van der Waals surface area contributed by atoms with Gasteiger partial charge in [0.1, 0.15) is 0 Å². The topological polar surface area (TPSA) is 107 Å². The molecule has 9 heteroatoms.